The quantitative estimate of drug-likeness (QED) is 0.761. The molecule has 5 nitrogen and oxygen atoms in total. The molecule has 1 N–H and O–H groups in total. The molecule has 1 heterocycles. The Morgan fingerprint density at radius 1 is 0.967 bits per heavy atom. The van der Waals surface area contributed by atoms with Crippen LogP contribution in [0.15, 0.2) is 60.7 Å². The van der Waals surface area contributed by atoms with Crippen LogP contribution in [0.5, 0.6) is 0 Å². The van der Waals surface area contributed by atoms with E-state index in [0.29, 0.717) is 31.9 Å². The van der Waals surface area contributed by atoms with Crippen molar-refractivity contribution in [3.63, 3.8) is 0 Å². The summed E-state index contributed by atoms with van der Waals surface area (Å²) in [5.41, 5.74) is 0.672. The molecule has 1 saturated heterocycles. The zero-order chi connectivity index (χ0) is 21.6. The summed E-state index contributed by atoms with van der Waals surface area (Å²) < 4.78 is 38.7. The van der Waals surface area contributed by atoms with Crippen LogP contribution in [-0.2, 0) is 15.8 Å². The molecule has 30 heavy (non-hydrogen) atoms. The maximum atomic E-state index is 12.9. The Hall–Kier alpha value is -3.29. The number of alkyl halides is 3. The molecule has 1 fully saturated rings. The van der Waals surface area contributed by atoms with Crippen molar-refractivity contribution in [2.75, 3.05) is 37.6 Å². The smallest absolute Gasteiger partial charge is 0.368 e. The van der Waals surface area contributed by atoms with Crippen LogP contribution in [-0.4, -0.2) is 49.4 Å². The first-order chi connectivity index (χ1) is 14.3. The van der Waals surface area contributed by atoms with Gasteiger partial charge in [0, 0.05) is 37.9 Å². The number of nitrogens with one attached hydrogen (secondary N) is 1. The predicted molar refractivity (Wildman–Crippen MR) is 109 cm³/mol. The van der Waals surface area contributed by atoms with Crippen LogP contribution >= 0.6 is 0 Å². The lowest BCUT2D eigenvalue weighted by atomic mass is 10.1. The van der Waals surface area contributed by atoms with Crippen molar-refractivity contribution in [3.8, 4) is 0 Å². The van der Waals surface area contributed by atoms with Crippen molar-refractivity contribution in [1.29, 1.82) is 0 Å². The van der Waals surface area contributed by atoms with E-state index in [2.05, 4.69) is 5.32 Å². The van der Waals surface area contributed by atoms with E-state index in [1.807, 2.05) is 35.2 Å². The Morgan fingerprint density at radius 2 is 1.67 bits per heavy atom. The highest BCUT2D eigenvalue weighted by Crippen LogP contribution is 2.31. The average Bonchev–Trinajstić information content (AvgIpc) is 2.76. The predicted octanol–water partition coefficient (Wildman–Crippen LogP) is 3.18. The van der Waals surface area contributed by atoms with Gasteiger partial charge >= 0.3 is 6.18 Å². The molecule has 0 spiro atoms. The molecule has 3 rings (SSSR count). The summed E-state index contributed by atoms with van der Waals surface area (Å²) in [5.74, 6) is -0.588. The van der Waals surface area contributed by atoms with Crippen molar-refractivity contribution in [3.05, 3.63) is 71.8 Å². The third-order valence-corrected chi connectivity index (χ3v) is 4.81. The Kier molecular flexibility index (Phi) is 6.76. The summed E-state index contributed by atoms with van der Waals surface area (Å²) in [6.45, 7) is 1.49. The highest BCUT2D eigenvalue weighted by Gasteiger charge is 2.31. The molecule has 0 bridgehead atoms. The maximum Gasteiger partial charge on any atom is 0.416 e. The number of hydrogen-bond donors (Lipinski definition) is 1. The van der Waals surface area contributed by atoms with Crippen molar-refractivity contribution < 1.29 is 22.8 Å². The topological polar surface area (TPSA) is 52.7 Å². The Morgan fingerprint density at radius 3 is 2.33 bits per heavy atom. The molecule has 2 aromatic carbocycles. The molecule has 8 heteroatoms. The van der Waals surface area contributed by atoms with E-state index >= 15 is 0 Å². The van der Waals surface area contributed by atoms with Gasteiger partial charge in [0.1, 0.15) is 0 Å². The van der Waals surface area contributed by atoms with Gasteiger partial charge in [-0.1, -0.05) is 36.4 Å². The number of benzene rings is 2. The molecule has 2 amide bonds. The minimum absolute atomic E-state index is 0.123. The van der Waals surface area contributed by atoms with Crippen LogP contribution in [0, 0.1) is 0 Å². The number of rotatable bonds is 5. The third-order valence-electron chi connectivity index (χ3n) is 4.81. The number of anilines is 1. The van der Waals surface area contributed by atoms with Crippen LogP contribution < -0.4 is 10.2 Å². The van der Waals surface area contributed by atoms with E-state index < -0.39 is 11.7 Å². The number of carbonyl (C=O) groups excluding carboxylic acids is 2. The Bertz CT molecular complexity index is 905. The third kappa shape index (κ3) is 5.85. The number of piperazine rings is 1. The van der Waals surface area contributed by atoms with Crippen LogP contribution in [0.2, 0.25) is 0 Å². The molecule has 0 atom stereocenters. The van der Waals surface area contributed by atoms with Gasteiger partial charge < -0.3 is 15.1 Å². The number of halogens is 3. The van der Waals surface area contributed by atoms with Gasteiger partial charge in [-0.15, -0.1) is 0 Å². The molecule has 0 saturated carbocycles. The summed E-state index contributed by atoms with van der Waals surface area (Å²) in [6, 6.07) is 14.5. The van der Waals surface area contributed by atoms with Crippen LogP contribution in [0.4, 0.5) is 18.9 Å². The molecule has 1 aliphatic rings. The van der Waals surface area contributed by atoms with Gasteiger partial charge in [0.2, 0.25) is 11.8 Å². The van der Waals surface area contributed by atoms with E-state index in [0.717, 1.165) is 17.7 Å². The lowest BCUT2D eigenvalue weighted by Crippen LogP contribution is -2.51. The molecular weight excluding hydrogens is 395 g/mol. The molecule has 0 aliphatic carbocycles. The maximum absolute atomic E-state index is 12.9. The first-order valence-corrected chi connectivity index (χ1v) is 9.54. The molecule has 0 aromatic heterocycles. The van der Waals surface area contributed by atoms with Gasteiger partial charge in [-0.05, 0) is 29.8 Å². The van der Waals surface area contributed by atoms with Gasteiger partial charge in [0.15, 0.2) is 0 Å². The minimum Gasteiger partial charge on any atom is -0.368 e. The summed E-state index contributed by atoms with van der Waals surface area (Å²) >= 11 is 0. The summed E-state index contributed by atoms with van der Waals surface area (Å²) in [6.07, 6.45) is -1.36. The zero-order valence-electron chi connectivity index (χ0n) is 16.2. The molecule has 0 radical (unpaired) electrons. The molecule has 158 valence electrons. The first-order valence-electron chi connectivity index (χ1n) is 9.54. The van der Waals surface area contributed by atoms with E-state index in [9.17, 15) is 22.8 Å². The second kappa shape index (κ2) is 9.47. The van der Waals surface area contributed by atoms with E-state index in [1.54, 1.807) is 17.0 Å². The largest absolute Gasteiger partial charge is 0.416 e. The zero-order valence-corrected chi connectivity index (χ0v) is 16.2. The molecule has 2 aromatic rings. The number of hydrogen-bond acceptors (Lipinski definition) is 3. The van der Waals surface area contributed by atoms with Crippen LogP contribution in [0.25, 0.3) is 6.08 Å². The lowest BCUT2D eigenvalue weighted by molar-refractivity contribution is -0.137. The van der Waals surface area contributed by atoms with E-state index in [1.165, 1.54) is 12.1 Å². The van der Waals surface area contributed by atoms with Crippen molar-refractivity contribution in [1.82, 2.24) is 10.2 Å². The van der Waals surface area contributed by atoms with Crippen LogP contribution in [0.1, 0.15) is 11.1 Å². The van der Waals surface area contributed by atoms with E-state index in [-0.39, 0.29) is 18.4 Å². The van der Waals surface area contributed by atoms with Crippen molar-refractivity contribution >= 4 is 23.6 Å². The normalized spacial score (nSPS) is 14.8. The first kappa shape index (κ1) is 21.4. The van der Waals surface area contributed by atoms with E-state index in [4.69, 9.17) is 0 Å². The average molecular weight is 417 g/mol. The standard InChI is InChI=1S/C22H22F3N3O2/c23-22(24,25)18-7-4-8-19(15-18)27-11-13-28(14-12-27)21(30)16-26-20(29)10-9-17-5-2-1-3-6-17/h1-10,15H,11-14,16H2,(H,26,29)/b10-9+. The monoisotopic (exact) mass is 417 g/mol. The number of nitrogens with zero attached hydrogens (tertiary/aromatic N) is 2. The summed E-state index contributed by atoms with van der Waals surface area (Å²) in [7, 11) is 0. The lowest BCUT2D eigenvalue weighted by Gasteiger charge is -2.36. The van der Waals surface area contributed by atoms with Crippen LogP contribution in [0.3, 0.4) is 0 Å². The van der Waals surface area contributed by atoms with Gasteiger partial charge in [-0.25, -0.2) is 0 Å². The molecular formula is C22H22F3N3O2. The van der Waals surface area contributed by atoms with Crippen molar-refractivity contribution in [2.24, 2.45) is 0 Å². The molecule has 0 unspecified atom stereocenters. The fourth-order valence-electron chi connectivity index (χ4n) is 3.16. The van der Waals surface area contributed by atoms with Gasteiger partial charge in [-0.2, -0.15) is 13.2 Å². The number of amides is 2. The second-order valence-electron chi connectivity index (χ2n) is 6.88. The minimum atomic E-state index is -4.39. The van der Waals surface area contributed by atoms with Crippen molar-refractivity contribution in [2.45, 2.75) is 6.18 Å². The number of carbonyl (C=O) groups is 2. The van der Waals surface area contributed by atoms with Gasteiger partial charge in [0.05, 0.1) is 12.1 Å². The van der Waals surface area contributed by atoms with Gasteiger partial charge in [0.25, 0.3) is 0 Å². The molecule has 1 aliphatic heterocycles. The summed E-state index contributed by atoms with van der Waals surface area (Å²) in [5, 5.41) is 2.56. The summed E-state index contributed by atoms with van der Waals surface area (Å²) in [4.78, 5) is 27.6. The highest BCUT2D eigenvalue weighted by molar-refractivity contribution is 5.94. The Balaban J connectivity index is 1.46. The SMILES string of the molecule is O=C(/C=C/c1ccccc1)NCC(=O)N1CCN(c2cccc(C(F)(F)F)c2)CC1. The highest BCUT2D eigenvalue weighted by atomic mass is 19.4. The second-order valence-corrected chi connectivity index (χ2v) is 6.88. The fraction of sp³-hybridized carbons (Fsp3) is 0.273. The Labute approximate surface area is 172 Å². The fourth-order valence-corrected chi connectivity index (χ4v) is 3.16. The van der Waals surface area contributed by atoms with Gasteiger partial charge in [-0.3, -0.25) is 9.59 Å².